The number of pyridine rings is 1. The van der Waals surface area contributed by atoms with Crippen LogP contribution in [-0.2, 0) is 13.0 Å². The second-order valence-corrected chi connectivity index (χ2v) is 6.27. The lowest BCUT2D eigenvalue weighted by Gasteiger charge is -2.30. The Morgan fingerprint density at radius 1 is 1.32 bits per heavy atom. The number of rotatable bonds is 2. The molecule has 3 heterocycles. The maximum absolute atomic E-state index is 11.1. The van der Waals surface area contributed by atoms with Crippen LogP contribution in [0.25, 0.3) is 0 Å². The van der Waals surface area contributed by atoms with Gasteiger partial charge in [0.25, 0.3) is 0 Å². The summed E-state index contributed by atoms with van der Waals surface area (Å²) in [5.74, 6) is -0.301. The van der Waals surface area contributed by atoms with Gasteiger partial charge < -0.3 is 10.0 Å². The highest BCUT2D eigenvalue weighted by Gasteiger charge is 2.23. The molecule has 1 aliphatic rings. The van der Waals surface area contributed by atoms with Gasteiger partial charge in [-0.3, -0.25) is 4.98 Å². The van der Waals surface area contributed by atoms with E-state index in [1.807, 2.05) is 13.1 Å². The average Bonchev–Trinajstić information content (AvgIpc) is 2.48. The second kappa shape index (κ2) is 5.64. The molecular formula is C15H15BrN4O2. The van der Waals surface area contributed by atoms with Gasteiger partial charge >= 0.3 is 5.97 Å². The minimum Gasteiger partial charge on any atom is -0.476 e. The molecule has 0 aromatic carbocycles. The third-order valence-electron chi connectivity index (χ3n) is 4.01. The fraction of sp³-hybridized carbons (Fsp3) is 0.333. The molecule has 0 unspecified atom stereocenters. The molecule has 6 nitrogen and oxygen atoms in total. The van der Waals surface area contributed by atoms with Crippen LogP contribution >= 0.6 is 15.9 Å². The fourth-order valence-electron chi connectivity index (χ4n) is 2.67. The monoisotopic (exact) mass is 362 g/mol. The Balaban J connectivity index is 1.96. The molecule has 0 spiro atoms. The molecule has 1 N–H and O–H groups in total. The number of anilines is 1. The number of hydrogen-bond donors (Lipinski definition) is 1. The van der Waals surface area contributed by atoms with Gasteiger partial charge in [-0.2, -0.15) is 0 Å². The van der Waals surface area contributed by atoms with Gasteiger partial charge in [-0.15, -0.1) is 10.2 Å². The van der Waals surface area contributed by atoms with E-state index in [0.29, 0.717) is 12.1 Å². The average molecular weight is 363 g/mol. The Morgan fingerprint density at radius 2 is 2.09 bits per heavy atom. The summed E-state index contributed by atoms with van der Waals surface area (Å²) < 4.78 is 0.952. The van der Waals surface area contributed by atoms with Crippen LogP contribution in [0.3, 0.4) is 0 Å². The van der Waals surface area contributed by atoms with Gasteiger partial charge in [0, 0.05) is 35.9 Å². The lowest BCUT2D eigenvalue weighted by Crippen LogP contribution is -2.32. The second-order valence-electron chi connectivity index (χ2n) is 5.36. The van der Waals surface area contributed by atoms with E-state index >= 15 is 0 Å². The first kappa shape index (κ1) is 14.9. The van der Waals surface area contributed by atoms with Crippen molar-refractivity contribution in [2.24, 2.45) is 0 Å². The van der Waals surface area contributed by atoms with Crippen molar-refractivity contribution in [2.45, 2.75) is 26.8 Å². The molecule has 0 radical (unpaired) electrons. The Labute approximate surface area is 136 Å². The third kappa shape index (κ3) is 2.56. The van der Waals surface area contributed by atoms with E-state index < -0.39 is 5.97 Å². The zero-order valence-corrected chi connectivity index (χ0v) is 13.9. The Kier molecular flexibility index (Phi) is 3.82. The van der Waals surface area contributed by atoms with Crippen LogP contribution in [0.1, 0.15) is 32.9 Å². The minimum atomic E-state index is -1.04. The van der Waals surface area contributed by atoms with Crippen molar-refractivity contribution in [3.05, 3.63) is 44.8 Å². The third-order valence-corrected chi connectivity index (χ3v) is 4.44. The first-order valence-electron chi connectivity index (χ1n) is 6.92. The summed E-state index contributed by atoms with van der Waals surface area (Å²) in [5, 5.41) is 17.1. The SMILES string of the molecule is Cc1c(C(=O)O)nnc(N2CCc3ncc(Br)cc3C2)c1C. The lowest BCUT2D eigenvalue weighted by atomic mass is 10.0. The number of aromatic carboxylic acids is 1. The topological polar surface area (TPSA) is 79.2 Å². The predicted molar refractivity (Wildman–Crippen MR) is 85.2 cm³/mol. The molecule has 1 aliphatic heterocycles. The maximum atomic E-state index is 11.1. The summed E-state index contributed by atoms with van der Waals surface area (Å²) in [6.45, 7) is 5.15. The molecule has 2 aromatic heterocycles. The van der Waals surface area contributed by atoms with Crippen molar-refractivity contribution >= 4 is 27.7 Å². The lowest BCUT2D eigenvalue weighted by molar-refractivity contribution is 0.0688. The molecule has 0 saturated heterocycles. The van der Waals surface area contributed by atoms with E-state index in [-0.39, 0.29) is 5.69 Å². The number of aromatic nitrogens is 3. The number of carboxylic acid groups (broad SMARTS) is 1. The molecule has 0 amide bonds. The minimum absolute atomic E-state index is 0.0167. The summed E-state index contributed by atoms with van der Waals surface area (Å²) in [5.41, 5.74) is 3.79. The van der Waals surface area contributed by atoms with Crippen LogP contribution in [-0.4, -0.2) is 32.8 Å². The van der Waals surface area contributed by atoms with Gasteiger partial charge in [-0.1, -0.05) is 0 Å². The van der Waals surface area contributed by atoms with Crippen molar-refractivity contribution in [3.8, 4) is 0 Å². The zero-order valence-electron chi connectivity index (χ0n) is 12.3. The van der Waals surface area contributed by atoms with Crippen LogP contribution in [0, 0.1) is 13.8 Å². The molecule has 0 fully saturated rings. The predicted octanol–water partition coefficient (Wildman–Crippen LogP) is 2.51. The first-order valence-corrected chi connectivity index (χ1v) is 7.72. The summed E-state index contributed by atoms with van der Waals surface area (Å²) in [7, 11) is 0. The normalized spacial score (nSPS) is 13.9. The largest absolute Gasteiger partial charge is 0.476 e. The fourth-order valence-corrected chi connectivity index (χ4v) is 3.05. The van der Waals surface area contributed by atoms with E-state index in [1.54, 1.807) is 6.92 Å². The number of fused-ring (bicyclic) bond motifs is 1. The molecule has 0 atom stereocenters. The summed E-state index contributed by atoms with van der Waals surface area (Å²) >= 11 is 3.44. The quantitative estimate of drug-likeness (QED) is 0.883. The van der Waals surface area contributed by atoms with Crippen LogP contribution < -0.4 is 4.90 Å². The van der Waals surface area contributed by atoms with Crippen molar-refractivity contribution in [1.82, 2.24) is 15.2 Å². The molecule has 2 aromatic rings. The molecule has 0 saturated carbocycles. The van der Waals surface area contributed by atoms with Crippen molar-refractivity contribution in [2.75, 3.05) is 11.4 Å². The zero-order chi connectivity index (χ0) is 15.9. The van der Waals surface area contributed by atoms with E-state index in [2.05, 4.69) is 42.1 Å². The van der Waals surface area contributed by atoms with Crippen molar-refractivity contribution in [3.63, 3.8) is 0 Å². The standard InChI is InChI=1S/C15H15BrN4O2/c1-8-9(2)14(19-18-13(8)15(21)22)20-4-3-12-10(7-20)5-11(16)6-17-12/h5-6H,3-4,7H2,1-2H3,(H,21,22). The van der Waals surface area contributed by atoms with E-state index in [4.69, 9.17) is 5.11 Å². The molecule has 7 heteroatoms. The summed E-state index contributed by atoms with van der Waals surface area (Å²) in [6, 6.07) is 2.07. The molecule has 0 aliphatic carbocycles. The van der Waals surface area contributed by atoms with Gasteiger partial charge in [0.15, 0.2) is 11.5 Å². The van der Waals surface area contributed by atoms with E-state index in [1.165, 1.54) is 0 Å². The van der Waals surface area contributed by atoms with Gasteiger partial charge in [-0.25, -0.2) is 4.79 Å². The van der Waals surface area contributed by atoms with Crippen LogP contribution in [0.4, 0.5) is 5.82 Å². The molecule has 0 bridgehead atoms. The van der Waals surface area contributed by atoms with Crippen LogP contribution in [0.15, 0.2) is 16.7 Å². The van der Waals surface area contributed by atoms with Crippen molar-refractivity contribution in [1.29, 1.82) is 0 Å². The number of nitrogens with zero attached hydrogens (tertiary/aromatic N) is 4. The van der Waals surface area contributed by atoms with Gasteiger partial charge in [0.05, 0.1) is 0 Å². The highest BCUT2D eigenvalue weighted by Crippen LogP contribution is 2.27. The smallest absolute Gasteiger partial charge is 0.356 e. The van der Waals surface area contributed by atoms with Gasteiger partial charge in [-0.05, 0) is 52.5 Å². The highest BCUT2D eigenvalue weighted by atomic mass is 79.9. The van der Waals surface area contributed by atoms with Gasteiger partial charge in [0.2, 0.25) is 0 Å². The molecule has 3 rings (SSSR count). The molecular weight excluding hydrogens is 348 g/mol. The highest BCUT2D eigenvalue weighted by molar-refractivity contribution is 9.10. The van der Waals surface area contributed by atoms with Gasteiger partial charge in [0.1, 0.15) is 0 Å². The van der Waals surface area contributed by atoms with Crippen LogP contribution in [0.2, 0.25) is 0 Å². The Bertz CT molecular complexity index is 763. The molecule has 22 heavy (non-hydrogen) atoms. The summed E-state index contributed by atoms with van der Waals surface area (Å²) in [4.78, 5) is 17.7. The Hall–Kier alpha value is -2.02. The molecule has 114 valence electrons. The number of halogens is 1. The number of hydrogen-bond acceptors (Lipinski definition) is 5. The first-order chi connectivity index (χ1) is 10.5. The maximum Gasteiger partial charge on any atom is 0.356 e. The summed E-state index contributed by atoms with van der Waals surface area (Å²) in [6.07, 6.45) is 2.65. The van der Waals surface area contributed by atoms with E-state index in [9.17, 15) is 4.79 Å². The number of carboxylic acids is 1. The Morgan fingerprint density at radius 3 is 2.82 bits per heavy atom. The van der Waals surface area contributed by atoms with Crippen LogP contribution in [0.5, 0.6) is 0 Å². The van der Waals surface area contributed by atoms with Crippen molar-refractivity contribution < 1.29 is 9.90 Å². The van der Waals surface area contributed by atoms with E-state index in [0.717, 1.165) is 40.1 Å². The number of carbonyl (C=O) groups is 1.